The second-order valence-electron chi connectivity index (χ2n) is 4.02. The van der Waals surface area contributed by atoms with E-state index in [2.05, 4.69) is 4.76 Å². The van der Waals surface area contributed by atoms with Crippen molar-refractivity contribution in [3.8, 4) is 0 Å². The fraction of sp³-hybridized carbons (Fsp3) is 0.364. The number of fused-ring (bicyclic) bond motifs is 1. The molecule has 0 saturated heterocycles. The van der Waals surface area contributed by atoms with Crippen molar-refractivity contribution >= 4 is 18.9 Å². The number of para-hydroxylation sites is 2. The van der Waals surface area contributed by atoms with Gasteiger partial charge in [-0.25, -0.2) is 0 Å². The third kappa shape index (κ3) is 2.14. The van der Waals surface area contributed by atoms with Crippen molar-refractivity contribution in [3.05, 3.63) is 29.9 Å². The van der Waals surface area contributed by atoms with Crippen molar-refractivity contribution in [1.82, 2.24) is 9.13 Å². The van der Waals surface area contributed by atoms with Crippen LogP contribution in [0.4, 0.5) is 0 Å². The Bertz CT molecular complexity index is 571. The van der Waals surface area contributed by atoms with Crippen LogP contribution in [-0.4, -0.2) is 27.8 Å². The summed E-state index contributed by atoms with van der Waals surface area (Å²) in [6, 6.07) is 8.01. The molecular weight excluding hydrogens is 237 g/mol. The molecule has 1 aromatic heterocycles. The van der Waals surface area contributed by atoms with Crippen LogP contribution in [0.15, 0.2) is 29.0 Å². The lowest BCUT2D eigenvalue weighted by Gasteiger charge is -2.03. The quantitative estimate of drug-likeness (QED) is 0.825. The van der Waals surface area contributed by atoms with Crippen LogP contribution < -0.4 is 5.62 Å². The molecule has 0 fully saturated rings. The number of aromatic nitrogens is 2. The van der Waals surface area contributed by atoms with E-state index < -0.39 is 7.87 Å². The Morgan fingerprint density at radius 2 is 1.65 bits per heavy atom. The van der Waals surface area contributed by atoms with Crippen molar-refractivity contribution in [3.63, 3.8) is 0 Å². The van der Waals surface area contributed by atoms with Crippen molar-refractivity contribution < 1.29 is 9.42 Å². The number of benzene rings is 1. The molecule has 1 aromatic carbocycles. The molecule has 0 radical (unpaired) electrons. The van der Waals surface area contributed by atoms with Gasteiger partial charge in [0.1, 0.15) is 6.66 Å². The van der Waals surface area contributed by atoms with Gasteiger partial charge in [0.25, 0.3) is 5.62 Å². The summed E-state index contributed by atoms with van der Waals surface area (Å²) in [5.41, 5.74) is 2.85. The fourth-order valence-electron chi connectivity index (χ4n) is 1.81. The Labute approximate surface area is 101 Å². The molecule has 0 bridgehead atoms. The molecule has 0 aliphatic rings. The lowest BCUT2D eigenvalue weighted by atomic mass is 10.3. The molecule has 17 heavy (non-hydrogen) atoms. The zero-order valence-electron chi connectivity index (χ0n) is 10.5. The summed E-state index contributed by atoms with van der Waals surface area (Å²) in [4.78, 5) is 9.95. The average molecular weight is 254 g/mol. The molecule has 0 amide bonds. The summed E-state index contributed by atoms with van der Waals surface area (Å²) in [6.07, 6.45) is 0. The van der Waals surface area contributed by atoms with Crippen LogP contribution in [0.2, 0.25) is 0 Å². The summed E-state index contributed by atoms with van der Waals surface area (Å²) < 4.78 is 13.2. The first kappa shape index (κ1) is 12.3. The number of rotatable bonds is 2. The van der Waals surface area contributed by atoms with Crippen LogP contribution in [0.5, 0.6) is 0 Å². The normalized spacial score (nSPS) is 14.9. The SMILES string of the molecule is CO[P+](C)(O)N=c1n(C)c2ccccc2n1C. The molecule has 92 valence electrons. The Morgan fingerprint density at radius 1 is 1.18 bits per heavy atom. The maximum absolute atomic E-state index is 9.95. The molecule has 1 N–H and O–H groups in total. The molecule has 1 heterocycles. The lowest BCUT2D eigenvalue weighted by molar-refractivity contribution is 0.370. The van der Waals surface area contributed by atoms with E-state index in [1.54, 1.807) is 6.66 Å². The van der Waals surface area contributed by atoms with Crippen LogP contribution >= 0.6 is 7.87 Å². The van der Waals surface area contributed by atoms with Crippen molar-refractivity contribution in [2.75, 3.05) is 13.8 Å². The molecule has 2 rings (SSSR count). The molecule has 6 heteroatoms. The minimum absolute atomic E-state index is 0.700. The molecule has 2 aromatic rings. The average Bonchev–Trinajstić information content (AvgIpc) is 2.55. The van der Waals surface area contributed by atoms with E-state index in [0.717, 1.165) is 11.0 Å². The molecule has 0 saturated carbocycles. The summed E-state index contributed by atoms with van der Waals surface area (Å²) in [5.74, 6) is 0. The number of aryl methyl sites for hydroxylation is 2. The summed E-state index contributed by atoms with van der Waals surface area (Å²) in [7, 11) is 2.66. The van der Waals surface area contributed by atoms with Crippen molar-refractivity contribution in [2.45, 2.75) is 0 Å². The topological polar surface area (TPSA) is 51.7 Å². The van der Waals surface area contributed by atoms with Gasteiger partial charge >= 0.3 is 7.87 Å². The maximum atomic E-state index is 9.95. The van der Waals surface area contributed by atoms with Crippen LogP contribution in [0, 0.1) is 0 Å². The molecule has 0 aliphatic heterocycles. The Morgan fingerprint density at radius 3 is 2.06 bits per heavy atom. The van der Waals surface area contributed by atoms with E-state index in [1.807, 2.05) is 47.5 Å². The van der Waals surface area contributed by atoms with Gasteiger partial charge in [0.15, 0.2) is 0 Å². The summed E-state index contributed by atoms with van der Waals surface area (Å²) in [6.45, 7) is 1.62. The number of imidazole rings is 1. The van der Waals surface area contributed by atoms with Gasteiger partial charge in [-0.15, -0.1) is 0 Å². The van der Waals surface area contributed by atoms with Gasteiger partial charge in [-0.3, -0.25) is 0 Å². The molecule has 5 nitrogen and oxygen atoms in total. The van der Waals surface area contributed by atoms with Gasteiger partial charge in [-0.1, -0.05) is 12.1 Å². The standard InChI is InChI=1S/C11H17N3O2P/c1-13-9-7-5-6-8-10(9)14(2)11(13)12-17(4,15)16-3/h5-8,15H,1-4H3/q+1. The fourth-order valence-corrected chi connectivity index (χ4v) is 2.49. The highest BCUT2D eigenvalue weighted by Gasteiger charge is 2.29. The van der Waals surface area contributed by atoms with E-state index in [-0.39, 0.29) is 0 Å². The predicted molar refractivity (Wildman–Crippen MR) is 69.5 cm³/mol. The minimum Gasteiger partial charge on any atom is -0.310 e. The highest BCUT2D eigenvalue weighted by Crippen LogP contribution is 2.51. The van der Waals surface area contributed by atoms with E-state index >= 15 is 0 Å². The summed E-state index contributed by atoms with van der Waals surface area (Å²) in [5, 5.41) is 0. The van der Waals surface area contributed by atoms with Gasteiger partial charge in [0, 0.05) is 14.1 Å². The molecule has 0 spiro atoms. The van der Waals surface area contributed by atoms with Crippen LogP contribution in [0.1, 0.15) is 0 Å². The first-order valence-electron chi connectivity index (χ1n) is 5.28. The number of hydrogen-bond donors (Lipinski definition) is 1. The second-order valence-corrected chi connectivity index (χ2v) is 6.26. The third-order valence-corrected chi connectivity index (χ3v) is 4.07. The van der Waals surface area contributed by atoms with Crippen LogP contribution in [0.3, 0.4) is 0 Å². The smallest absolute Gasteiger partial charge is 0.310 e. The minimum atomic E-state index is -2.67. The van der Waals surface area contributed by atoms with Gasteiger partial charge in [0.2, 0.25) is 0 Å². The third-order valence-electron chi connectivity index (χ3n) is 2.83. The second kappa shape index (κ2) is 4.26. The van der Waals surface area contributed by atoms with Gasteiger partial charge in [-0.2, -0.15) is 9.42 Å². The monoisotopic (exact) mass is 254 g/mol. The lowest BCUT2D eigenvalue weighted by Crippen LogP contribution is -2.22. The highest BCUT2D eigenvalue weighted by atomic mass is 31.2. The number of hydrogen-bond acceptors (Lipinski definition) is 3. The van der Waals surface area contributed by atoms with Gasteiger partial charge < -0.3 is 9.13 Å². The van der Waals surface area contributed by atoms with E-state index in [9.17, 15) is 4.89 Å². The molecule has 1 unspecified atom stereocenters. The zero-order chi connectivity index (χ0) is 12.6. The van der Waals surface area contributed by atoms with Crippen LogP contribution in [0.25, 0.3) is 11.0 Å². The van der Waals surface area contributed by atoms with E-state index in [4.69, 9.17) is 4.52 Å². The summed E-state index contributed by atoms with van der Waals surface area (Å²) >= 11 is 0. The molecular formula is C11H17N3O2P+. The van der Waals surface area contributed by atoms with Crippen molar-refractivity contribution in [2.24, 2.45) is 18.9 Å². The van der Waals surface area contributed by atoms with Gasteiger partial charge in [-0.05, 0) is 16.9 Å². The largest absolute Gasteiger partial charge is 0.391 e. The first-order chi connectivity index (χ1) is 7.96. The zero-order valence-corrected chi connectivity index (χ0v) is 11.3. The van der Waals surface area contributed by atoms with E-state index in [0.29, 0.717) is 5.62 Å². The molecule has 0 aliphatic carbocycles. The Balaban J connectivity index is 2.79. The predicted octanol–water partition coefficient (Wildman–Crippen LogP) is 1.45. The van der Waals surface area contributed by atoms with Crippen LogP contribution in [-0.2, 0) is 18.6 Å². The highest BCUT2D eigenvalue weighted by molar-refractivity contribution is 7.63. The Hall–Kier alpha value is -1.16. The van der Waals surface area contributed by atoms with Gasteiger partial charge in [0.05, 0.1) is 18.1 Å². The number of nitrogens with zero attached hydrogens (tertiary/aromatic N) is 3. The van der Waals surface area contributed by atoms with E-state index in [1.165, 1.54) is 7.11 Å². The molecule has 1 atom stereocenters. The Kier molecular flexibility index (Phi) is 3.08. The maximum Gasteiger partial charge on any atom is 0.391 e. The van der Waals surface area contributed by atoms with Crippen molar-refractivity contribution in [1.29, 1.82) is 0 Å². The first-order valence-corrected chi connectivity index (χ1v) is 7.34.